The third-order valence-electron chi connectivity index (χ3n) is 5.77. The summed E-state index contributed by atoms with van der Waals surface area (Å²) in [5, 5.41) is 6.55. The van der Waals surface area contributed by atoms with Gasteiger partial charge in [-0.1, -0.05) is 23.7 Å². The van der Waals surface area contributed by atoms with Gasteiger partial charge in [0.2, 0.25) is 0 Å². The number of urea groups is 1. The van der Waals surface area contributed by atoms with E-state index in [9.17, 15) is 9.59 Å². The summed E-state index contributed by atoms with van der Waals surface area (Å²) in [5.74, 6) is 0.606. The van der Waals surface area contributed by atoms with Gasteiger partial charge in [0.25, 0.3) is 5.91 Å². The zero-order valence-electron chi connectivity index (χ0n) is 18.2. The molecule has 1 saturated heterocycles. The first-order chi connectivity index (χ1) is 16.0. The van der Waals surface area contributed by atoms with Gasteiger partial charge in [-0.15, -0.1) is 0 Å². The van der Waals surface area contributed by atoms with E-state index in [1.54, 1.807) is 55.9 Å². The number of hydrogen-bond acceptors (Lipinski definition) is 4. The molecule has 2 heterocycles. The second kappa shape index (κ2) is 10.4. The number of carbonyl (C=O) groups excluding carboxylic acids is 2. The number of nitrogens with one attached hydrogen (secondary N) is 2. The quantitative estimate of drug-likeness (QED) is 0.579. The van der Waals surface area contributed by atoms with Gasteiger partial charge >= 0.3 is 6.03 Å². The van der Waals surface area contributed by atoms with Gasteiger partial charge in [-0.3, -0.25) is 9.78 Å². The molecule has 3 amide bonds. The number of methoxy groups -OCH3 is 1. The van der Waals surface area contributed by atoms with Crippen LogP contribution in [0, 0.1) is 0 Å². The van der Waals surface area contributed by atoms with Gasteiger partial charge < -0.3 is 20.3 Å². The smallest absolute Gasteiger partial charge is 0.319 e. The molecule has 8 heteroatoms. The van der Waals surface area contributed by atoms with E-state index >= 15 is 0 Å². The Kier molecular flexibility index (Phi) is 7.10. The number of ether oxygens (including phenoxy) is 1. The van der Waals surface area contributed by atoms with Crippen LogP contribution in [0.15, 0.2) is 73.1 Å². The Hall–Kier alpha value is -3.58. The number of carbonyl (C=O) groups is 2. The summed E-state index contributed by atoms with van der Waals surface area (Å²) in [5.41, 5.74) is 2.23. The molecule has 0 aliphatic carbocycles. The van der Waals surface area contributed by atoms with Crippen molar-refractivity contribution in [2.24, 2.45) is 0 Å². The van der Waals surface area contributed by atoms with E-state index < -0.39 is 0 Å². The Morgan fingerprint density at radius 1 is 1.09 bits per heavy atom. The number of likely N-dealkylation sites (tertiary alicyclic amines) is 1. The molecule has 0 spiro atoms. The molecule has 1 aliphatic heterocycles. The third-order valence-corrected chi connectivity index (χ3v) is 6.02. The van der Waals surface area contributed by atoms with Crippen molar-refractivity contribution in [1.29, 1.82) is 0 Å². The fraction of sp³-hybridized carbons (Fsp3) is 0.240. The van der Waals surface area contributed by atoms with Crippen molar-refractivity contribution in [3.05, 3.63) is 89.2 Å². The lowest BCUT2D eigenvalue weighted by Crippen LogP contribution is -2.52. The number of aromatic nitrogens is 1. The summed E-state index contributed by atoms with van der Waals surface area (Å²) in [4.78, 5) is 31.6. The Bertz CT molecular complexity index is 1090. The summed E-state index contributed by atoms with van der Waals surface area (Å²) in [6.45, 7) is 1.01. The number of hydrogen-bond donors (Lipinski definition) is 2. The van der Waals surface area contributed by atoms with E-state index in [-0.39, 0.29) is 23.9 Å². The highest BCUT2D eigenvalue weighted by molar-refractivity contribution is 6.30. The van der Waals surface area contributed by atoms with Crippen LogP contribution >= 0.6 is 11.6 Å². The maximum Gasteiger partial charge on any atom is 0.319 e. The molecular formula is C25H25ClN4O3. The van der Waals surface area contributed by atoms with Crippen molar-refractivity contribution < 1.29 is 14.3 Å². The molecule has 1 fully saturated rings. The van der Waals surface area contributed by atoms with Gasteiger partial charge in [0.15, 0.2) is 0 Å². The van der Waals surface area contributed by atoms with Crippen molar-refractivity contribution in [2.45, 2.75) is 18.4 Å². The number of benzene rings is 2. The molecular weight excluding hydrogens is 440 g/mol. The summed E-state index contributed by atoms with van der Waals surface area (Å²) < 4.78 is 5.28. The fourth-order valence-corrected chi connectivity index (χ4v) is 4.16. The predicted octanol–water partition coefficient (Wildman–Crippen LogP) is 4.56. The standard InChI is InChI=1S/C25H25ClN4O3/c1-33-21-10-4-17(5-11-21)22-16-30(24(31)18-3-2-13-27-15-18)14-12-23(22)29-25(32)28-20-8-6-19(26)7-9-20/h2-11,13,15,22-23H,12,14,16H2,1H3,(H2,28,29,32). The molecule has 0 radical (unpaired) electrons. The van der Waals surface area contributed by atoms with Crippen molar-refractivity contribution in [3.63, 3.8) is 0 Å². The fourth-order valence-electron chi connectivity index (χ4n) is 4.04. The minimum Gasteiger partial charge on any atom is -0.497 e. The van der Waals surface area contributed by atoms with E-state index in [0.29, 0.717) is 35.8 Å². The van der Waals surface area contributed by atoms with Crippen LogP contribution in [0.1, 0.15) is 28.3 Å². The first-order valence-electron chi connectivity index (χ1n) is 10.7. The van der Waals surface area contributed by atoms with Crippen LogP contribution in [-0.2, 0) is 0 Å². The van der Waals surface area contributed by atoms with Gasteiger partial charge in [0.1, 0.15) is 5.75 Å². The molecule has 2 aromatic carbocycles. The van der Waals surface area contributed by atoms with Crippen LogP contribution < -0.4 is 15.4 Å². The first kappa shape index (κ1) is 22.6. The minimum absolute atomic E-state index is 0.0642. The monoisotopic (exact) mass is 464 g/mol. The topological polar surface area (TPSA) is 83.6 Å². The normalized spacial score (nSPS) is 17.8. The van der Waals surface area contributed by atoms with Crippen molar-refractivity contribution in [2.75, 3.05) is 25.5 Å². The Morgan fingerprint density at radius 2 is 1.85 bits per heavy atom. The Balaban J connectivity index is 1.51. The lowest BCUT2D eigenvalue weighted by atomic mass is 9.85. The summed E-state index contributed by atoms with van der Waals surface area (Å²) in [7, 11) is 1.62. The van der Waals surface area contributed by atoms with E-state index in [1.165, 1.54) is 0 Å². The second-order valence-electron chi connectivity index (χ2n) is 7.87. The molecule has 33 heavy (non-hydrogen) atoms. The van der Waals surface area contributed by atoms with Crippen molar-refractivity contribution >= 4 is 29.2 Å². The largest absolute Gasteiger partial charge is 0.497 e. The van der Waals surface area contributed by atoms with E-state index in [4.69, 9.17) is 16.3 Å². The number of amides is 3. The molecule has 0 saturated carbocycles. The SMILES string of the molecule is COc1ccc(C2CN(C(=O)c3cccnc3)CCC2NC(=O)Nc2ccc(Cl)cc2)cc1. The second-order valence-corrected chi connectivity index (χ2v) is 8.31. The average Bonchev–Trinajstić information content (AvgIpc) is 2.86. The van der Waals surface area contributed by atoms with Crippen LogP contribution in [0.25, 0.3) is 0 Å². The van der Waals surface area contributed by atoms with E-state index in [1.807, 2.05) is 29.2 Å². The van der Waals surface area contributed by atoms with Crippen molar-refractivity contribution in [1.82, 2.24) is 15.2 Å². The lowest BCUT2D eigenvalue weighted by Gasteiger charge is -2.39. The zero-order valence-corrected chi connectivity index (χ0v) is 19.0. The first-order valence-corrected chi connectivity index (χ1v) is 11.1. The Morgan fingerprint density at radius 3 is 2.52 bits per heavy atom. The average molecular weight is 465 g/mol. The molecule has 2 N–H and O–H groups in total. The van der Waals surface area contributed by atoms with Crippen LogP contribution in [0.5, 0.6) is 5.75 Å². The third kappa shape index (κ3) is 5.62. The number of piperidine rings is 1. The van der Waals surface area contributed by atoms with Crippen LogP contribution in [0.4, 0.5) is 10.5 Å². The number of nitrogens with zero attached hydrogens (tertiary/aromatic N) is 2. The van der Waals surface area contributed by atoms with Crippen LogP contribution in [0.2, 0.25) is 5.02 Å². The highest BCUT2D eigenvalue weighted by Gasteiger charge is 2.34. The summed E-state index contributed by atoms with van der Waals surface area (Å²) >= 11 is 5.92. The van der Waals surface area contributed by atoms with Crippen molar-refractivity contribution in [3.8, 4) is 5.75 Å². The summed E-state index contributed by atoms with van der Waals surface area (Å²) in [6.07, 6.45) is 3.84. The minimum atomic E-state index is -0.298. The maximum absolute atomic E-state index is 13.0. The molecule has 3 aromatic rings. The molecule has 2 unspecified atom stereocenters. The van der Waals surface area contributed by atoms with E-state index in [2.05, 4.69) is 15.6 Å². The van der Waals surface area contributed by atoms with E-state index in [0.717, 1.165) is 11.3 Å². The number of halogens is 1. The predicted molar refractivity (Wildman–Crippen MR) is 128 cm³/mol. The van der Waals surface area contributed by atoms with Gasteiger partial charge in [0.05, 0.1) is 12.7 Å². The Labute approximate surface area is 197 Å². The van der Waals surface area contributed by atoms with Crippen LogP contribution in [-0.4, -0.2) is 48.1 Å². The van der Waals surface area contributed by atoms with Crippen LogP contribution in [0.3, 0.4) is 0 Å². The lowest BCUT2D eigenvalue weighted by molar-refractivity contribution is 0.0685. The molecule has 0 bridgehead atoms. The molecule has 170 valence electrons. The number of rotatable bonds is 5. The van der Waals surface area contributed by atoms with Gasteiger partial charge in [0, 0.05) is 48.2 Å². The zero-order chi connectivity index (χ0) is 23.2. The van der Waals surface area contributed by atoms with Gasteiger partial charge in [-0.2, -0.15) is 0 Å². The molecule has 1 aliphatic rings. The molecule has 7 nitrogen and oxygen atoms in total. The molecule has 4 rings (SSSR count). The maximum atomic E-state index is 13.0. The van der Waals surface area contributed by atoms with Gasteiger partial charge in [-0.05, 0) is 60.5 Å². The highest BCUT2D eigenvalue weighted by Crippen LogP contribution is 2.30. The van der Waals surface area contributed by atoms with Gasteiger partial charge in [-0.25, -0.2) is 4.79 Å². The number of anilines is 1. The molecule has 1 aromatic heterocycles. The molecule has 2 atom stereocenters. The summed E-state index contributed by atoms with van der Waals surface area (Å²) in [6, 6.07) is 17.8. The highest BCUT2D eigenvalue weighted by atomic mass is 35.5. The number of pyridine rings is 1.